The second-order valence-electron chi connectivity index (χ2n) is 5.89. The van der Waals surface area contributed by atoms with E-state index in [9.17, 15) is 13.2 Å². The summed E-state index contributed by atoms with van der Waals surface area (Å²) in [6, 6.07) is 15.1. The van der Waals surface area contributed by atoms with Crippen LogP contribution in [0.15, 0.2) is 60.8 Å². The van der Waals surface area contributed by atoms with Crippen LogP contribution in [-0.4, -0.2) is 14.6 Å². The Morgan fingerprint density at radius 1 is 0.926 bits per heavy atom. The summed E-state index contributed by atoms with van der Waals surface area (Å²) in [6.45, 7) is 0. The number of anilines is 1. The average molecular weight is 389 g/mol. The van der Waals surface area contributed by atoms with Crippen molar-refractivity contribution in [1.82, 2.24) is 14.6 Å². The molecule has 0 fully saturated rings. The van der Waals surface area contributed by atoms with Gasteiger partial charge in [0.25, 0.3) is 0 Å². The van der Waals surface area contributed by atoms with E-state index in [0.717, 1.165) is 10.1 Å². The number of nitrogen functional groups attached to an aromatic ring is 1. The number of halogens is 4. The minimum atomic E-state index is -4.66. The molecule has 0 radical (unpaired) electrons. The minimum absolute atomic E-state index is 0.0295. The molecule has 0 unspecified atom stereocenters. The number of rotatable bonds is 2. The van der Waals surface area contributed by atoms with Gasteiger partial charge in [-0.05, 0) is 23.3 Å². The molecule has 4 rings (SSSR count). The van der Waals surface area contributed by atoms with Crippen LogP contribution in [0.3, 0.4) is 0 Å². The van der Waals surface area contributed by atoms with Crippen molar-refractivity contribution in [3.8, 4) is 22.3 Å². The maximum absolute atomic E-state index is 13.6. The van der Waals surface area contributed by atoms with Crippen LogP contribution in [-0.2, 0) is 6.18 Å². The fraction of sp³-hybridized carbons (Fsp3) is 0.0526. The molecule has 2 N–H and O–H groups in total. The van der Waals surface area contributed by atoms with Gasteiger partial charge in [0.15, 0.2) is 11.3 Å². The topological polar surface area (TPSA) is 56.2 Å². The highest BCUT2D eigenvalue weighted by Crippen LogP contribution is 2.40. The molecule has 0 atom stereocenters. The van der Waals surface area contributed by atoms with E-state index in [1.165, 1.54) is 30.5 Å². The van der Waals surface area contributed by atoms with E-state index in [1.54, 1.807) is 12.1 Å². The third kappa shape index (κ3) is 3.00. The quantitative estimate of drug-likeness (QED) is 0.505. The maximum atomic E-state index is 13.6. The molecule has 2 aromatic carbocycles. The van der Waals surface area contributed by atoms with Crippen LogP contribution in [0.25, 0.3) is 27.9 Å². The summed E-state index contributed by atoms with van der Waals surface area (Å²) in [6.07, 6.45) is -3.21. The lowest BCUT2D eigenvalue weighted by Gasteiger charge is -2.08. The van der Waals surface area contributed by atoms with Gasteiger partial charge in [-0.3, -0.25) is 0 Å². The molecule has 2 aromatic heterocycles. The SMILES string of the molecule is Nc1c(-c2ccccc2)cnc2c(-c3ccc(Cl)cc3)c(C(F)(F)F)nn12. The van der Waals surface area contributed by atoms with Gasteiger partial charge in [-0.25, -0.2) is 4.98 Å². The molecule has 0 spiro atoms. The van der Waals surface area contributed by atoms with E-state index in [-0.39, 0.29) is 17.0 Å². The Hall–Kier alpha value is -3.06. The Labute approximate surface area is 157 Å². The molecule has 2 heterocycles. The number of aromatic nitrogens is 3. The number of alkyl halides is 3. The number of nitrogens with zero attached hydrogens (tertiary/aromatic N) is 3. The van der Waals surface area contributed by atoms with Gasteiger partial charge in [0.2, 0.25) is 0 Å². The second-order valence-corrected chi connectivity index (χ2v) is 6.32. The monoisotopic (exact) mass is 388 g/mol. The normalized spacial score (nSPS) is 11.9. The lowest BCUT2D eigenvalue weighted by molar-refractivity contribution is -0.140. The van der Waals surface area contributed by atoms with Gasteiger partial charge >= 0.3 is 6.18 Å². The van der Waals surface area contributed by atoms with Crippen LogP contribution in [0.5, 0.6) is 0 Å². The standard InChI is InChI=1S/C19H12ClF3N4/c20-13-8-6-12(7-9-13)15-16(19(21,22)23)26-27-17(24)14(10-25-18(15)27)11-4-2-1-3-5-11/h1-10H,24H2. The first-order valence-electron chi connectivity index (χ1n) is 7.92. The van der Waals surface area contributed by atoms with Crippen molar-refractivity contribution in [3.63, 3.8) is 0 Å². The average Bonchev–Trinajstić information content (AvgIpc) is 3.04. The molecule has 136 valence electrons. The molecule has 0 amide bonds. The summed E-state index contributed by atoms with van der Waals surface area (Å²) < 4.78 is 41.9. The van der Waals surface area contributed by atoms with Crippen LogP contribution >= 0.6 is 11.6 Å². The summed E-state index contributed by atoms with van der Waals surface area (Å²) in [5.74, 6) is 0.0805. The lowest BCUT2D eigenvalue weighted by atomic mass is 10.1. The predicted octanol–water partition coefficient (Wildman–Crippen LogP) is 5.32. The molecular weight excluding hydrogens is 377 g/mol. The Kier molecular flexibility index (Phi) is 4.04. The highest BCUT2D eigenvalue weighted by molar-refractivity contribution is 6.30. The van der Waals surface area contributed by atoms with Crippen LogP contribution in [0, 0.1) is 0 Å². The highest BCUT2D eigenvalue weighted by atomic mass is 35.5. The molecule has 4 aromatic rings. The van der Waals surface area contributed by atoms with Gasteiger partial charge in [0.05, 0.1) is 5.56 Å². The van der Waals surface area contributed by atoms with Crippen molar-refractivity contribution < 1.29 is 13.2 Å². The fourth-order valence-corrected chi connectivity index (χ4v) is 3.05. The molecule has 0 aliphatic rings. The number of hydrogen-bond donors (Lipinski definition) is 1. The van der Waals surface area contributed by atoms with Crippen LogP contribution in [0.4, 0.5) is 19.0 Å². The zero-order valence-corrected chi connectivity index (χ0v) is 14.5. The molecule has 4 nitrogen and oxygen atoms in total. The van der Waals surface area contributed by atoms with Crippen molar-refractivity contribution in [2.24, 2.45) is 0 Å². The van der Waals surface area contributed by atoms with Crippen LogP contribution < -0.4 is 5.73 Å². The van der Waals surface area contributed by atoms with E-state index < -0.39 is 11.9 Å². The predicted molar refractivity (Wildman–Crippen MR) is 98.3 cm³/mol. The first-order valence-corrected chi connectivity index (χ1v) is 8.30. The number of fused-ring (bicyclic) bond motifs is 1. The summed E-state index contributed by atoms with van der Waals surface area (Å²) in [4.78, 5) is 4.24. The molecule has 8 heteroatoms. The van der Waals surface area contributed by atoms with E-state index in [2.05, 4.69) is 10.1 Å². The van der Waals surface area contributed by atoms with E-state index >= 15 is 0 Å². The van der Waals surface area contributed by atoms with Crippen molar-refractivity contribution in [3.05, 3.63) is 71.5 Å². The van der Waals surface area contributed by atoms with Gasteiger partial charge in [-0.2, -0.15) is 22.8 Å². The molecule has 27 heavy (non-hydrogen) atoms. The van der Waals surface area contributed by atoms with E-state index in [1.807, 2.05) is 18.2 Å². The van der Waals surface area contributed by atoms with Crippen molar-refractivity contribution >= 4 is 23.1 Å². The largest absolute Gasteiger partial charge is 0.435 e. The van der Waals surface area contributed by atoms with Crippen molar-refractivity contribution in [1.29, 1.82) is 0 Å². The zero-order valence-electron chi connectivity index (χ0n) is 13.7. The molecule has 0 aliphatic carbocycles. The van der Waals surface area contributed by atoms with Gasteiger partial charge in [0.1, 0.15) is 5.82 Å². The smallest absolute Gasteiger partial charge is 0.383 e. The van der Waals surface area contributed by atoms with Gasteiger partial charge in [-0.1, -0.05) is 54.1 Å². The molecular formula is C19H12ClF3N4. The molecule has 0 bridgehead atoms. The second kappa shape index (κ2) is 6.28. The number of benzene rings is 2. The summed E-state index contributed by atoms with van der Waals surface area (Å²) in [5.41, 5.74) is 6.55. The third-order valence-electron chi connectivity index (χ3n) is 4.17. The Morgan fingerprint density at radius 3 is 2.22 bits per heavy atom. The number of hydrogen-bond acceptors (Lipinski definition) is 3. The fourth-order valence-electron chi connectivity index (χ4n) is 2.92. The molecule has 0 saturated heterocycles. The highest BCUT2D eigenvalue weighted by Gasteiger charge is 2.39. The number of nitrogens with two attached hydrogens (primary N) is 1. The zero-order chi connectivity index (χ0) is 19.2. The van der Waals surface area contributed by atoms with Crippen LogP contribution in [0.1, 0.15) is 5.69 Å². The van der Waals surface area contributed by atoms with Gasteiger partial charge < -0.3 is 5.73 Å². The van der Waals surface area contributed by atoms with Crippen LogP contribution in [0.2, 0.25) is 5.02 Å². The molecule has 0 saturated carbocycles. The first-order chi connectivity index (χ1) is 12.9. The summed E-state index contributed by atoms with van der Waals surface area (Å²) in [7, 11) is 0. The third-order valence-corrected chi connectivity index (χ3v) is 4.42. The van der Waals surface area contributed by atoms with Crippen molar-refractivity contribution in [2.75, 3.05) is 5.73 Å². The molecule has 0 aliphatic heterocycles. The maximum Gasteiger partial charge on any atom is 0.435 e. The Bertz CT molecular complexity index is 1120. The van der Waals surface area contributed by atoms with Gasteiger partial charge in [0, 0.05) is 16.8 Å². The first kappa shape index (κ1) is 17.4. The Morgan fingerprint density at radius 2 is 1.59 bits per heavy atom. The lowest BCUT2D eigenvalue weighted by Crippen LogP contribution is -2.08. The summed E-state index contributed by atoms with van der Waals surface area (Å²) >= 11 is 5.86. The van der Waals surface area contributed by atoms with E-state index in [4.69, 9.17) is 17.3 Å². The van der Waals surface area contributed by atoms with Crippen molar-refractivity contribution in [2.45, 2.75) is 6.18 Å². The van der Waals surface area contributed by atoms with Gasteiger partial charge in [-0.15, -0.1) is 0 Å². The summed E-state index contributed by atoms with van der Waals surface area (Å²) in [5, 5.41) is 4.16. The van der Waals surface area contributed by atoms with E-state index in [0.29, 0.717) is 16.1 Å². The minimum Gasteiger partial charge on any atom is -0.383 e. The Balaban J connectivity index is 2.02.